The second-order valence-electron chi connectivity index (χ2n) is 5.50. The molecule has 2 aromatic rings. The molecule has 2 rings (SSSR count). The van der Waals surface area contributed by atoms with E-state index in [1.807, 2.05) is 56.3 Å². The minimum absolute atomic E-state index is 0.0577. The van der Waals surface area contributed by atoms with Crippen LogP contribution in [0.5, 0.6) is 0 Å². The number of benzene rings is 2. The zero-order chi connectivity index (χ0) is 14.7. The molecule has 0 aromatic heterocycles. The molecular weight excluding hydrogens is 246 g/mol. The number of hydrogen-bond donors (Lipinski definition) is 1. The number of amides is 1. The summed E-state index contributed by atoms with van der Waals surface area (Å²) in [6.07, 6.45) is 0. The first-order valence-corrected chi connectivity index (χ1v) is 6.96. The summed E-state index contributed by atoms with van der Waals surface area (Å²) in [6.45, 7) is 8.30. The lowest BCUT2D eigenvalue weighted by Crippen LogP contribution is -2.13. The number of carbonyl (C=O) groups excluding carboxylic acids is 1. The highest BCUT2D eigenvalue weighted by Crippen LogP contribution is 2.21. The van der Waals surface area contributed by atoms with Crippen LogP contribution in [0, 0.1) is 13.8 Å². The number of nitrogens with one attached hydrogen (secondary N) is 1. The molecule has 0 saturated heterocycles. The Morgan fingerprint density at radius 1 is 0.950 bits per heavy atom. The predicted molar refractivity (Wildman–Crippen MR) is 84.4 cm³/mol. The third kappa shape index (κ3) is 3.08. The Morgan fingerprint density at radius 3 is 2.00 bits per heavy atom. The normalized spacial score (nSPS) is 10.7. The number of carbonyl (C=O) groups is 1. The van der Waals surface area contributed by atoms with Gasteiger partial charge < -0.3 is 5.32 Å². The van der Waals surface area contributed by atoms with E-state index < -0.39 is 0 Å². The van der Waals surface area contributed by atoms with Crippen LogP contribution in [0.15, 0.2) is 42.5 Å². The van der Waals surface area contributed by atoms with Gasteiger partial charge in [-0.3, -0.25) is 4.79 Å². The van der Waals surface area contributed by atoms with Crippen molar-refractivity contribution < 1.29 is 4.79 Å². The number of hydrogen-bond acceptors (Lipinski definition) is 1. The zero-order valence-electron chi connectivity index (χ0n) is 12.5. The van der Waals surface area contributed by atoms with E-state index in [1.165, 1.54) is 5.56 Å². The molecule has 0 heterocycles. The van der Waals surface area contributed by atoms with Crippen LogP contribution in [0.1, 0.15) is 46.8 Å². The maximum atomic E-state index is 12.3. The van der Waals surface area contributed by atoms with E-state index in [0.717, 1.165) is 16.8 Å². The summed E-state index contributed by atoms with van der Waals surface area (Å²) in [5, 5.41) is 3.00. The summed E-state index contributed by atoms with van der Waals surface area (Å²) < 4.78 is 0. The van der Waals surface area contributed by atoms with E-state index >= 15 is 0 Å². The van der Waals surface area contributed by atoms with Crippen molar-refractivity contribution in [2.75, 3.05) is 5.32 Å². The molecule has 20 heavy (non-hydrogen) atoms. The fraction of sp³-hybridized carbons (Fsp3) is 0.278. The van der Waals surface area contributed by atoms with E-state index in [4.69, 9.17) is 0 Å². The molecule has 0 aliphatic heterocycles. The summed E-state index contributed by atoms with van der Waals surface area (Å²) in [6, 6.07) is 13.8. The first kappa shape index (κ1) is 14.3. The molecular formula is C18H21NO. The van der Waals surface area contributed by atoms with Crippen LogP contribution in [-0.4, -0.2) is 5.91 Å². The molecule has 0 bridgehead atoms. The standard InChI is InChI=1S/C18H21NO/c1-12(2)15-8-10-16(11-9-15)18(20)19-17-13(3)6-5-7-14(17)4/h5-12H,1-4H3,(H,19,20). The lowest BCUT2D eigenvalue weighted by atomic mass is 10.0. The Bertz CT molecular complexity index is 592. The largest absolute Gasteiger partial charge is 0.322 e. The van der Waals surface area contributed by atoms with Gasteiger partial charge in [-0.2, -0.15) is 0 Å². The minimum Gasteiger partial charge on any atom is -0.322 e. The molecule has 2 nitrogen and oxygen atoms in total. The Morgan fingerprint density at radius 2 is 1.50 bits per heavy atom. The van der Waals surface area contributed by atoms with Gasteiger partial charge in [-0.25, -0.2) is 0 Å². The molecule has 1 N–H and O–H groups in total. The molecule has 0 radical (unpaired) electrons. The van der Waals surface area contributed by atoms with Gasteiger partial charge in [0.15, 0.2) is 0 Å². The van der Waals surface area contributed by atoms with Crippen LogP contribution in [-0.2, 0) is 0 Å². The van der Waals surface area contributed by atoms with Crippen molar-refractivity contribution in [3.05, 3.63) is 64.7 Å². The van der Waals surface area contributed by atoms with E-state index in [-0.39, 0.29) is 5.91 Å². The first-order valence-electron chi connectivity index (χ1n) is 6.96. The average Bonchev–Trinajstić information content (AvgIpc) is 2.43. The quantitative estimate of drug-likeness (QED) is 0.859. The van der Waals surface area contributed by atoms with Gasteiger partial charge in [-0.1, -0.05) is 44.2 Å². The maximum Gasteiger partial charge on any atom is 0.255 e. The lowest BCUT2D eigenvalue weighted by molar-refractivity contribution is 0.102. The van der Waals surface area contributed by atoms with Crippen molar-refractivity contribution >= 4 is 11.6 Å². The molecule has 104 valence electrons. The van der Waals surface area contributed by atoms with Gasteiger partial charge in [0.2, 0.25) is 0 Å². The summed E-state index contributed by atoms with van der Waals surface area (Å²) in [7, 11) is 0. The Balaban J connectivity index is 2.20. The van der Waals surface area contributed by atoms with E-state index in [2.05, 4.69) is 19.2 Å². The summed E-state index contributed by atoms with van der Waals surface area (Å²) in [5.74, 6) is 0.420. The van der Waals surface area contributed by atoms with Gasteiger partial charge in [0, 0.05) is 11.3 Å². The van der Waals surface area contributed by atoms with Gasteiger partial charge in [0.25, 0.3) is 5.91 Å². The van der Waals surface area contributed by atoms with Gasteiger partial charge in [0.05, 0.1) is 0 Å². The van der Waals surface area contributed by atoms with Gasteiger partial charge in [-0.05, 0) is 48.6 Å². The first-order chi connectivity index (χ1) is 9.49. The Labute approximate surface area is 120 Å². The third-order valence-electron chi connectivity index (χ3n) is 3.56. The molecule has 0 saturated carbocycles. The number of anilines is 1. The van der Waals surface area contributed by atoms with Crippen LogP contribution in [0.2, 0.25) is 0 Å². The minimum atomic E-state index is -0.0577. The average molecular weight is 267 g/mol. The molecule has 0 atom stereocenters. The number of rotatable bonds is 3. The van der Waals surface area contributed by atoms with Crippen LogP contribution >= 0.6 is 0 Å². The lowest BCUT2D eigenvalue weighted by Gasteiger charge is -2.12. The van der Waals surface area contributed by atoms with Crippen LogP contribution in [0.4, 0.5) is 5.69 Å². The highest BCUT2D eigenvalue weighted by Gasteiger charge is 2.09. The smallest absolute Gasteiger partial charge is 0.255 e. The molecule has 0 aliphatic carbocycles. The van der Waals surface area contributed by atoms with E-state index in [9.17, 15) is 4.79 Å². The van der Waals surface area contributed by atoms with Crippen molar-refractivity contribution in [1.29, 1.82) is 0 Å². The molecule has 0 unspecified atom stereocenters. The van der Waals surface area contributed by atoms with Crippen molar-refractivity contribution in [2.24, 2.45) is 0 Å². The molecule has 1 amide bonds. The molecule has 2 heteroatoms. The van der Waals surface area contributed by atoms with Crippen molar-refractivity contribution in [3.63, 3.8) is 0 Å². The third-order valence-corrected chi connectivity index (χ3v) is 3.56. The molecule has 0 spiro atoms. The maximum absolute atomic E-state index is 12.3. The fourth-order valence-electron chi connectivity index (χ4n) is 2.22. The van der Waals surface area contributed by atoms with Crippen LogP contribution in [0.3, 0.4) is 0 Å². The van der Waals surface area contributed by atoms with Crippen molar-refractivity contribution in [2.45, 2.75) is 33.6 Å². The van der Waals surface area contributed by atoms with Gasteiger partial charge >= 0.3 is 0 Å². The Hall–Kier alpha value is -2.09. The van der Waals surface area contributed by atoms with Crippen molar-refractivity contribution in [3.8, 4) is 0 Å². The second kappa shape index (κ2) is 5.91. The Kier molecular flexibility index (Phi) is 4.23. The number of para-hydroxylation sites is 1. The topological polar surface area (TPSA) is 29.1 Å². The summed E-state index contributed by atoms with van der Waals surface area (Å²) >= 11 is 0. The van der Waals surface area contributed by atoms with Gasteiger partial charge in [-0.15, -0.1) is 0 Å². The monoisotopic (exact) mass is 267 g/mol. The van der Waals surface area contributed by atoms with Crippen LogP contribution in [0.25, 0.3) is 0 Å². The predicted octanol–water partition coefficient (Wildman–Crippen LogP) is 4.68. The van der Waals surface area contributed by atoms with Gasteiger partial charge in [0.1, 0.15) is 0 Å². The molecule has 0 fully saturated rings. The SMILES string of the molecule is Cc1cccc(C)c1NC(=O)c1ccc(C(C)C)cc1. The summed E-state index contributed by atoms with van der Waals surface area (Å²) in [5.41, 5.74) is 5.01. The van der Waals surface area contributed by atoms with E-state index in [0.29, 0.717) is 11.5 Å². The second-order valence-corrected chi connectivity index (χ2v) is 5.50. The van der Waals surface area contributed by atoms with E-state index in [1.54, 1.807) is 0 Å². The van der Waals surface area contributed by atoms with Crippen molar-refractivity contribution in [1.82, 2.24) is 0 Å². The summed E-state index contributed by atoms with van der Waals surface area (Å²) in [4.78, 5) is 12.3. The zero-order valence-corrected chi connectivity index (χ0v) is 12.5. The van der Waals surface area contributed by atoms with Crippen LogP contribution < -0.4 is 5.32 Å². The molecule has 2 aromatic carbocycles. The highest BCUT2D eigenvalue weighted by molar-refractivity contribution is 6.05. The highest BCUT2D eigenvalue weighted by atomic mass is 16.1. The number of aryl methyl sites for hydroxylation is 2. The molecule has 0 aliphatic rings. The fourth-order valence-corrected chi connectivity index (χ4v) is 2.22.